The van der Waals surface area contributed by atoms with Gasteiger partial charge in [-0.15, -0.1) is 0 Å². The van der Waals surface area contributed by atoms with Crippen LogP contribution in [0.2, 0.25) is 0 Å². The summed E-state index contributed by atoms with van der Waals surface area (Å²) in [7, 11) is 0. The molecule has 0 bridgehead atoms. The second kappa shape index (κ2) is 7.17. The number of rotatable bonds is 3. The minimum Gasteiger partial charge on any atom is -0.454 e. The lowest BCUT2D eigenvalue weighted by atomic mass is 10.1. The highest BCUT2D eigenvalue weighted by atomic mass is 32.1. The fourth-order valence-corrected chi connectivity index (χ4v) is 3.68. The van der Waals surface area contributed by atoms with E-state index in [9.17, 15) is 4.79 Å². The zero-order chi connectivity index (χ0) is 19.9. The molecule has 0 spiro atoms. The molecule has 4 rings (SSSR count). The summed E-state index contributed by atoms with van der Waals surface area (Å²) >= 11 is 5.50. The fraction of sp³-hybridized carbons (Fsp3) is 0.556. The monoisotopic (exact) mass is 404 g/mol. The Bertz CT molecular complexity index is 940. The van der Waals surface area contributed by atoms with Gasteiger partial charge < -0.3 is 14.4 Å². The second-order valence-electron chi connectivity index (χ2n) is 7.96. The molecule has 1 saturated heterocycles. The third-order valence-corrected chi connectivity index (χ3v) is 5.27. The van der Waals surface area contributed by atoms with Crippen molar-refractivity contribution in [1.82, 2.24) is 29.6 Å². The molecule has 2 aliphatic rings. The minimum atomic E-state index is -0.203. The quantitative estimate of drug-likeness (QED) is 0.721. The summed E-state index contributed by atoms with van der Waals surface area (Å²) in [5, 5.41) is 8.36. The van der Waals surface area contributed by atoms with Gasteiger partial charge in [0.25, 0.3) is 5.91 Å². The summed E-state index contributed by atoms with van der Waals surface area (Å²) in [4.78, 5) is 16.9. The van der Waals surface area contributed by atoms with Gasteiger partial charge in [0.15, 0.2) is 11.5 Å². The molecule has 1 fully saturated rings. The van der Waals surface area contributed by atoms with Gasteiger partial charge in [0.05, 0.1) is 12.2 Å². The molecule has 1 amide bonds. The SMILES string of the molecule is CC(C)(C)n1nnn(CN2CCN(C(=O)c3ccc4c(c3)OCO4)CC2)c1=S. The average Bonchev–Trinajstić information content (AvgIpc) is 3.27. The third kappa shape index (κ3) is 3.61. The van der Waals surface area contributed by atoms with Crippen molar-refractivity contribution in [3.63, 3.8) is 0 Å². The van der Waals surface area contributed by atoms with E-state index in [2.05, 4.69) is 15.3 Å². The first kappa shape index (κ1) is 18.9. The highest BCUT2D eigenvalue weighted by molar-refractivity contribution is 7.71. The molecule has 2 aliphatic heterocycles. The van der Waals surface area contributed by atoms with Gasteiger partial charge in [0, 0.05) is 31.7 Å². The molecule has 0 unspecified atom stereocenters. The maximum atomic E-state index is 12.8. The molecule has 0 saturated carbocycles. The number of ether oxygens (including phenoxy) is 2. The lowest BCUT2D eigenvalue weighted by Crippen LogP contribution is -2.49. The zero-order valence-corrected chi connectivity index (χ0v) is 17.1. The molecule has 1 aromatic heterocycles. The van der Waals surface area contributed by atoms with Crippen LogP contribution in [0.25, 0.3) is 0 Å². The Morgan fingerprint density at radius 3 is 2.50 bits per heavy atom. The van der Waals surface area contributed by atoms with E-state index in [0.717, 1.165) is 13.1 Å². The van der Waals surface area contributed by atoms with Crippen molar-refractivity contribution >= 4 is 18.1 Å². The minimum absolute atomic E-state index is 0.00763. The average molecular weight is 404 g/mol. The summed E-state index contributed by atoms with van der Waals surface area (Å²) in [6.07, 6.45) is 0. The summed E-state index contributed by atoms with van der Waals surface area (Å²) in [5.41, 5.74) is 0.415. The van der Waals surface area contributed by atoms with Crippen molar-refractivity contribution in [3.8, 4) is 11.5 Å². The predicted molar refractivity (Wildman–Crippen MR) is 104 cm³/mol. The number of carbonyl (C=O) groups is 1. The number of hydrogen-bond donors (Lipinski definition) is 0. The van der Waals surface area contributed by atoms with Gasteiger partial charge in [-0.1, -0.05) is 0 Å². The Morgan fingerprint density at radius 2 is 1.82 bits per heavy atom. The van der Waals surface area contributed by atoms with Crippen LogP contribution in [0.15, 0.2) is 18.2 Å². The van der Waals surface area contributed by atoms with Gasteiger partial charge in [-0.05, 0) is 61.6 Å². The van der Waals surface area contributed by atoms with Crippen LogP contribution in [-0.4, -0.2) is 68.5 Å². The smallest absolute Gasteiger partial charge is 0.254 e. The zero-order valence-electron chi connectivity index (χ0n) is 16.3. The van der Waals surface area contributed by atoms with Gasteiger partial charge in [-0.3, -0.25) is 9.69 Å². The topological polar surface area (TPSA) is 77.7 Å². The molecule has 2 aromatic rings. The van der Waals surface area contributed by atoms with E-state index in [1.807, 2.05) is 25.7 Å². The van der Waals surface area contributed by atoms with E-state index in [0.29, 0.717) is 41.6 Å². The van der Waals surface area contributed by atoms with Crippen LogP contribution < -0.4 is 9.47 Å². The van der Waals surface area contributed by atoms with Crippen molar-refractivity contribution in [1.29, 1.82) is 0 Å². The van der Waals surface area contributed by atoms with E-state index in [-0.39, 0.29) is 18.2 Å². The summed E-state index contributed by atoms with van der Waals surface area (Å²) in [6.45, 7) is 9.70. The van der Waals surface area contributed by atoms with Crippen LogP contribution in [0.3, 0.4) is 0 Å². The molecule has 150 valence electrons. The molecule has 10 heteroatoms. The number of nitrogens with zero attached hydrogens (tertiary/aromatic N) is 6. The Labute approximate surface area is 168 Å². The van der Waals surface area contributed by atoms with Crippen molar-refractivity contribution in [2.45, 2.75) is 33.0 Å². The first-order chi connectivity index (χ1) is 13.3. The number of piperazine rings is 1. The number of hydrogen-bond acceptors (Lipinski definition) is 7. The highest BCUT2D eigenvalue weighted by Gasteiger charge is 2.25. The lowest BCUT2D eigenvalue weighted by Gasteiger charge is -2.34. The molecule has 0 aliphatic carbocycles. The van der Waals surface area contributed by atoms with Gasteiger partial charge >= 0.3 is 0 Å². The number of fused-ring (bicyclic) bond motifs is 1. The molecule has 3 heterocycles. The Hall–Kier alpha value is -2.46. The van der Waals surface area contributed by atoms with E-state index >= 15 is 0 Å². The maximum Gasteiger partial charge on any atom is 0.254 e. The van der Waals surface area contributed by atoms with E-state index < -0.39 is 0 Å². The number of benzene rings is 1. The van der Waals surface area contributed by atoms with Crippen LogP contribution in [0.1, 0.15) is 31.1 Å². The number of tetrazole rings is 1. The van der Waals surface area contributed by atoms with E-state index in [1.54, 1.807) is 27.6 Å². The predicted octanol–water partition coefficient (Wildman–Crippen LogP) is 1.71. The van der Waals surface area contributed by atoms with Gasteiger partial charge in [0.1, 0.15) is 0 Å². The van der Waals surface area contributed by atoms with Gasteiger partial charge in [-0.2, -0.15) is 0 Å². The fourth-order valence-electron chi connectivity index (χ4n) is 3.28. The summed E-state index contributed by atoms with van der Waals surface area (Å²) in [6, 6.07) is 5.32. The normalized spacial score (nSPS) is 17.2. The van der Waals surface area contributed by atoms with Crippen LogP contribution in [0, 0.1) is 4.77 Å². The largest absolute Gasteiger partial charge is 0.454 e. The molecule has 28 heavy (non-hydrogen) atoms. The summed E-state index contributed by atoms with van der Waals surface area (Å²) in [5.74, 6) is 1.32. The molecule has 1 aromatic carbocycles. The third-order valence-electron chi connectivity index (χ3n) is 4.89. The van der Waals surface area contributed by atoms with Crippen molar-refractivity contribution in [2.24, 2.45) is 0 Å². The highest BCUT2D eigenvalue weighted by Crippen LogP contribution is 2.32. The second-order valence-corrected chi connectivity index (χ2v) is 8.33. The van der Waals surface area contributed by atoms with Crippen molar-refractivity contribution < 1.29 is 14.3 Å². The van der Waals surface area contributed by atoms with E-state index in [4.69, 9.17) is 21.7 Å². The Kier molecular flexibility index (Phi) is 4.84. The van der Waals surface area contributed by atoms with Gasteiger partial charge in [-0.25, -0.2) is 9.36 Å². The molecule has 0 N–H and O–H groups in total. The molecule has 0 atom stereocenters. The van der Waals surface area contributed by atoms with E-state index in [1.165, 1.54) is 0 Å². The van der Waals surface area contributed by atoms with Crippen LogP contribution >= 0.6 is 12.2 Å². The molecular weight excluding hydrogens is 380 g/mol. The number of carbonyl (C=O) groups excluding carboxylic acids is 1. The number of aromatic nitrogens is 4. The molecular formula is C18H24N6O3S. The lowest BCUT2D eigenvalue weighted by molar-refractivity contribution is 0.0583. The Morgan fingerprint density at radius 1 is 1.11 bits per heavy atom. The number of amides is 1. The van der Waals surface area contributed by atoms with Crippen molar-refractivity contribution in [2.75, 3.05) is 33.0 Å². The Balaban J connectivity index is 1.37. The summed E-state index contributed by atoms with van der Waals surface area (Å²) < 4.78 is 14.8. The van der Waals surface area contributed by atoms with Crippen LogP contribution in [-0.2, 0) is 12.2 Å². The van der Waals surface area contributed by atoms with Crippen LogP contribution in [0.4, 0.5) is 0 Å². The van der Waals surface area contributed by atoms with Crippen LogP contribution in [0.5, 0.6) is 11.5 Å². The maximum absolute atomic E-state index is 12.8. The molecule has 9 nitrogen and oxygen atoms in total. The standard InChI is InChI=1S/C18H24N6O3S/c1-18(2,3)24-17(28)23(19-20-24)11-21-6-8-22(9-7-21)16(25)13-4-5-14-15(10-13)27-12-26-14/h4-5,10H,6-9,11-12H2,1-3H3. The first-order valence-electron chi connectivity index (χ1n) is 9.27. The van der Waals surface area contributed by atoms with Crippen molar-refractivity contribution in [3.05, 3.63) is 28.5 Å². The first-order valence-corrected chi connectivity index (χ1v) is 9.68. The van der Waals surface area contributed by atoms with Gasteiger partial charge in [0.2, 0.25) is 11.6 Å². The molecule has 0 radical (unpaired) electrons.